The minimum atomic E-state index is -3.40. The molecule has 4 nitrogen and oxygen atoms in total. The second-order valence-corrected chi connectivity index (χ2v) is 7.47. The first-order chi connectivity index (χ1) is 10.4. The molecule has 0 heterocycles. The van der Waals surface area contributed by atoms with Gasteiger partial charge in [0.25, 0.3) is 0 Å². The lowest BCUT2D eigenvalue weighted by Crippen LogP contribution is -2.23. The molecule has 0 atom stereocenters. The van der Waals surface area contributed by atoms with Crippen molar-refractivity contribution < 1.29 is 8.42 Å². The van der Waals surface area contributed by atoms with Crippen LogP contribution in [-0.4, -0.2) is 33.4 Å². The summed E-state index contributed by atoms with van der Waals surface area (Å²) in [6, 6.07) is 15.4. The van der Waals surface area contributed by atoms with Gasteiger partial charge in [0.05, 0.1) is 4.90 Å². The molecule has 0 fully saturated rings. The highest BCUT2D eigenvalue weighted by Crippen LogP contribution is 2.30. The van der Waals surface area contributed by atoms with Crippen LogP contribution in [0.1, 0.15) is 12.5 Å². The van der Waals surface area contributed by atoms with Crippen molar-refractivity contribution in [1.29, 1.82) is 0 Å². The summed E-state index contributed by atoms with van der Waals surface area (Å²) >= 11 is 0. The molecule has 118 valence electrons. The van der Waals surface area contributed by atoms with Crippen LogP contribution in [0.5, 0.6) is 0 Å². The third kappa shape index (κ3) is 3.15. The molecule has 0 saturated carbocycles. The third-order valence-electron chi connectivity index (χ3n) is 3.62. The first kappa shape index (κ1) is 16.5. The average Bonchev–Trinajstić information content (AvgIpc) is 2.50. The molecule has 0 spiro atoms. The molecule has 0 N–H and O–H groups in total. The molecule has 0 unspecified atom stereocenters. The van der Waals surface area contributed by atoms with Gasteiger partial charge in [0.15, 0.2) is 0 Å². The summed E-state index contributed by atoms with van der Waals surface area (Å²) in [6.07, 6.45) is 0. The summed E-state index contributed by atoms with van der Waals surface area (Å²) in [4.78, 5) is 2.49. The Morgan fingerprint density at radius 1 is 1.00 bits per heavy atom. The van der Waals surface area contributed by atoms with Gasteiger partial charge in [-0.1, -0.05) is 18.2 Å². The van der Waals surface area contributed by atoms with Gasteiger partial charge in [-0.2, -0.15) is 0 Å². The lowest BCUT2D eigenvalue weighted by Gasteiger charge is -2.25. The number of sulfonamides is 1. The number of para-hydroxylation sites is 1. The van der Waals surface area contributed by atoms with E-state index >= 15 is 0 Å². The Bertz CT molecular complexity index is 741. The van der Waals surface area contributed by atoms with E-state index in [1.165, 1.54) is 4.31 Å². The zero-order valence-corrected chi connectivity index (χ0v) is 14.3. The van der Waals surface area contributed by atoms with Crippen LogP contribution in [0.3, 0.4) is 0 Å². The van der Waals surface area contributed by atoms with E-state index < -0.39 is 10.0 Å². The van der Waals surface area contributed by atoms with E-state index in [1.807, 2.05) is 43.3 Å². The van der Waals surface area contributed by atoms with E-state index in [0.29, 0.717) is 4.90 Å². The van der Waals surface area contributed by atoms with Crippen LogP contribution in [0.15, 0.2) is 53.4 Å². The van der Waals surface area contributed by atoms with Crippen LogP contribution in [-0.2, 0) is 10.0 Å². The van der Waals surface area contributed by atoms with E-state index in [0.717, 1.165) is 23.5 Å². The first-order valence-electron chi connectivity index (χ1n) is 7.23. The number of hydrogen-bond donors (Lipinski definition) is 0. The normalized spacial score (nSPS) is 11.7. The fourth-order valence-corrected chi connectivity index (χ4v) is 3.39. The molecule has 22 heavy (non-hydrogen) atoms. The highest BCUT2D eigenvalue weighted by atomic mass is 32.2. The maximum Gasteiger partial charge on any atom is 0.242 e. The largest absolute Gasteiger partial charge is 0.342 e. The lowest BCUT2D eigenvalue weighted by atomic mass is 10.1. The van der Waals surface area contributed by atoms with Crippen molar-refractivity contribution >= 4 is 21.4 Å². The summed E-state index contributed by atoms with van der Waals surface area (Å²) in [6.45, 7) is 4.83. The topological polar surface area (TPSA) is 40.6 Å². The molecule has 2 aromatic rings. The predicted octanol–water partition coefficient (Wildman–Crippen LogP) is 3.40. The van der Waals surface area contributed by atoms with E-state index in [2.05, 4.69) is 11.8 Å². The molecule has 0 aliphatic heterocycles. The summed E-state index contributed by atoms with van der Waals surface area (Å²) in [5.41, 5.74) is 3.05. The van der Waals surface area contributed by atoms with Crippen LogP contribution in [0, 0.1) is 6.92 Å². The highest BCUT2D eigenvalue weighted by molar-refractivity contribution is 7.89. The smallest absolute Gasteiger partial charge is 0.242 e. The fraction of sp³-hybridized carbons (Fsp3) is 0.294. The quantitative estimate of drug-likeness (QED) is 0.848. The van der Waals surface area contributed by atoms with E-state index in [-0.39, 0.29) is 0 Å². The number of nitrogens with zero attached hydrogens (tertiary/aromatic N) is 2. The summed E-state index contributed by atoms with van der Waals surface area (Å²) in [7, 11) is -0.313. The van der Waals surface area contributed by atoms with Crippen LogP contribution < -0.4 is 4.90 Å². The predicted molar refractivity (Wildman–Crippen MR) is 91.2 cm³/mol. The lowest BCUT2D eigenvalue weighted by molar-refractivity contribution is 0.520. The van der Waals surface area contributed by atoms with Crippen molar-refractivity contribution in [3.05, 3.63) is 54.1 Å². The van der Waals surface area contributed by atoms with Gasteiger partial charge >= 0.3 is 0 Å². The molecular weight excluding hydrogens is 296 g/mol. The Balaban J connectivity index is 2.46. The van der Waals surface area contributed by atoms with E-state index in [1.54, 1.807) is 26.2 Å². The van der Waals surface area contributed by atoms with Gasteiger partial charge in [0.1, 0.15) is 0 Å². The molecule has 2 rings (SSSR count). The first-order valence-corrected chi connectivity index (χ1v) is 8.67. The fourth-order valence-electron chi connectivity index (χ4n) is 2.40. The van der Waals surface area contributed by atoms with Gasteiger partial charge in [-0.3, -0.25) is 0 Å². The third-order valence-corrected chi connectivity index (χ3v) is 5.43. The summed E-state index contributed by atoms with van der Waals surface area (Å²) in [5, 5.41) is 0. The molecule has 2 aromatic carbocycles. The second kappa shape index (κ2) is 6.50. The molecular formula is C17H22N2O2S. The SMILES string of the molecule is CCN(c1ccccc1)c1ccc(S(=O)(=O)N(C)C)cc1C. The number of aryl methyl sites for hydroxylation is 1. The van der Waals surface area contributed by atoms with Crippen LogP contribution >= 0.6 is 0 Å². The zero-order valence-electron chi connectivity index (χ0n) is 13.4. The number of hydrogen-bond acceptors (Lipinski definition) is 3. The van der Waals surface area contributed by atoms with Gasteiger partial charge in [-0.25, -0.2) is 12.7 Å². The maximum absolute atomic E-state index is 12.2. The van der Waals surface area contributed by atoms with Crippen molar-refractivity contribution in [2.24, 2.45) is 0 Å². The summed E-state index contributed by atoms with van der Waals surface area (Å²) in [5.74, 6) is 0. The van der Waals surface area contributed by atoms with Gasteiger partial charge < -0.3 is 4.90 Å². The van der Waals surface area contributed by atoms with Crippen LogP contribution in [0.2, 0.25) is 0 Å². The van der Waals surface area contributed by atoms with Crippen molar-refractivity contribution in [3.63, 3.8) is 0 Å². The molecule has 0 aliphatic rings. The van der Waals surface area contributed by atoms with Gasteiger partial charge in [0.2, 0.25) is 10.0 Å². The van der Waals surface area contributed by atoms with Gasteiger partial charge in [-0.15, -0.1) is 0 Å². The minimum absolute atomic E-state index is 0.322. The Morgan fingerprint density at radius 3 is 2.14 bits per heavy atom. The van der Waals surface area contributed by atoms with Crippen molar-refractivity contribution in [2.45, 2.75) is 18.7 Å². The van der Waals surface area contributed by atoms with Crippen LogP contribution in [0.4, 0.5) is 11.4 Å². The second-order valence-electron chi connectivity index (χ2n) is 5.32. The number of anilines is 2. The molecule has 0 saturated heterocycles. The monoisotopic (exact) mass is 318 g/mol. The number of rotatable bonds is 5. The highest BCUT2D eigenvalue weighted by Gasteiger charge is 2.19. The Kier molecular flexibility index (Phi) is 4.88. The van der Waals surface area contributed by atoms with Gasteiger partial charge in [0, 0.05) is 32.0 Å². The molecule has 0 bridgehead atoms. The van der Waals surface area contributed by atoms with Gasteiger partial charge in [-0.05, 0) is 49.7 Å². The summed E-state index contributed by atoms with van der Waals surface area (Å²) < 4.78 is 25.7. The standard InChI is InChI=1S/C17H22N2O2S/c1-5-19(15-9-7-6-8-10-15)17-12-11-16(13-14(17)2)22(20,21)18(3)4/h6-13H,5H2,1-4H3. The van der Waals surface area contributed by atoms with Crippen molar-refractivity contribution in [1.82, 2.24) is 4.31 Å². The molecule has 5 heteroatoms. The maximum atomic E-state index is 12.2. The minimum Gasteiger partial charge on any atom is -0.342 e. The van der Waals surface area contributed by atoms with Crippen LogP contribution in [0.25, 0.3) is 0 Å². The Labute approximate surface area is 133 Å². The van der Waals surface area contributed by atoms with E-state index in [9.17, 15) is 8.42 Å². The molecule has 0 radical (unpaired) electrons. The average molecular weight is 318 g/mol. The Hall–Kier alpha value is -1.85. The molecule has 0 aromatic heterocycles. The Morgan fingerprint density at radius 2 is 1.64 bits per heavy atom. The van der Waals surface area contributed by atoms with E-state index in [4.69, 9.17) is 0 Å². The number of benzene rings is 2. The molecule has 0 amide bonds. The molecule has 0 aliphatic carbocycles. The van der Waals surface area contributed by atoms with Crippen molar-refractivity contribution in [3.8, 4) is 0 Å². The van der Waals surface area contributed by atoms with Crippen molar-refractivity contribution in [2.75, 3.05) is 25.5 Å². The zero-order chi connectivity index (χ0) is 16.3.